The predicted molar refractivity (Wildman–Crippen MR) is 129 cm³/mol. The molecule has 180 valence electrons. The summed E-state index contributed by atoms with van der Waals surface area (Å²) in [7, 11) is 3.38. The lowest BCUT2D eigenvalue weighted by atomic mass is 9.78. The summed E-state index contributed by atoms with van der Waals surface area (Å²) in [5, 5.41) is 4.19. The summed E-state index contributed by atoms with van der Waals surface area (Å²) in [6.07, 6.45) is 4.97. The molecule has 0 N–H and O–H groups in total. The van der Waals surface area contributed by atoms with E-state index in [0.29, 0.717) is 11.7 Å². The van der Waals surface area contributed by atoms with Gasteiger partial charge in [-0.15, -0.1) is 0 Å². The number of para-hydroxylation sites is 1. The normalized spacial score (nSPS) is 20.4. The van der Waals surface area contributed by atoms with Gasteiger partial charge in [0.1, 0.15) is 0 Å². The maximum atomic E-state index is 6.39. The highest BCUT2D eigenvalue weighted by Gasteiger charge is 2.40. The number of rotatable bonds is 7. The van der Waals surface area contributed by atoms with Gasteiger partial charge >= 0.3 is 0 Å². The topological polar surface area (TPSA) is 69.9 Å². The van der Waals surface area contributed by atoms with Crippen molar-refractivity contribution < 1.29 is 18.7 Å². The molecule has 2 aromatic carbocycles. The Labute approximate surface area is 201 Å². The number of likely N-dealkylation sites (tertiary alicyclic amines) is 1. The summed E-state index contributed by atoms with van der Waals surface area (Å²) in [5.74, 6) is 3.50. The van der Waals surface area contributed by atoms with Crippen LogP contribution in [0.3, 0.4) is 0 Å². The van der Waals surface area contributed by atoms with Crippen molar-refractivity contribution in [2.45, 2.75) is 44.2 Å². The van der Waals surface area contributed by atoms with Crippen LogP contribution >= 0.6 is 0 Å². The van der Waals surface area contributed by atoms with Crippen molar-refractivity contribution in [2.24, 2.45) is 5.92 Å². The van der Waals surface area contributed by atoms with Crippen LogP contribution in [0.25, 0.3) is 11.4 Å². The molecule has 1 spiro atoms. The molecular formula is C27H33N3O4. The summed E-state index contributed by atoms with van der Waals surface area (Å²) in [6, 6.07) is 16.1. The molecule has 34 heavy (non-hydrogen) atoms. The van der Waals surface area contributed by atoms with Gasteiger partial charge in [0.25, 0.3) is 0 Å². The summed E-state index contributed by atoms with van der Waals surface area (Å²) in [6.45, 7) is 3.66. The quantitative estimate of drug-likeness (QED) is 0.500. The fraction of sp³-hybridized carbons (Fsp3) is 0.481. The Morgan fingerprint density at radius 3 is 2.62 bits per heavy atom. The average molecular weight is 464 g/mol. The molecule has 0 amide bonds. The molecule has 2 fully saturated rings. The second-order valence-electron chi connectivity index (χ2n) is 9.40. The Bertz CT molecular complexity index is 1080. The molecular weight excluding hydrogens is 430 g/mol. The Kier molecular flexibility index (Phi) is 6.83. The molecule has 0 saturated carbocycles. The van der Waals surface area contributed by atoms with Crippen LogP contribution in [-0.2, 0) is 17.7 Å². The van der Waals surface area contributed by atoms with E-state index in [-0.39, 0.29) is 5.60 Å². The van der Waals surface area contributed by atoms with Crippen molar-refractivity contribution in [1.29, 1.82) is 0 Å². The summed E-state index contributed by atoms with van der Waals surface area (Å²) < 4.78 is 23.1. The largest absolute Gasteiger partial charge is 0.493 e. The zero-order valence-corrected chi connectivity index (χ0v) is 20.0. The Morgan fingerprint density at radius 1 is 1.03 bits per heavy atom. The maximum Gasteiger partial charge on any atom is 0.227 e. The van der Waals surface area contributed by atoms with Gasteiger partial charge in [-0.05, 0) is 37.7 Å². The van der Waals surface area contributed by atoms with Gasteiger partial charge in [0.2, 0.25) is 11.7 Å². The zero-order chi connectivity index (χ0) is 23.4. The standard InChI is InChI=1S/C27H33N3O4/c1-31-23-10-6-9-22(25(23)32-2)19-30-14-12-27(13-15-30)18-20(11-16-33-27)17-24-28-26(29-34-24)21-7-4-3-5-8-21/h3-10,20H,11-19H2,1-2H3. The molecule has 7 heteroatoms. The Morgan fingerprint density at radius 2 is 1.85 bits per heavy atom. The van der Waals surface area contributed by atoms with Gasteiger partial charge in [0, 0.05) is 43.8 Å². The summed E-state index contributed by atoms with van der Waals surface area (Å²) in [4.78, 5) is 7.13. The first kappa shape index (κ1) is 22.9. The fourth-order valence-corrected chi connectivity index (χ4v) is 5.38. The minimum absolute atomic E-state index is 0.0415. The Balaban J connectivity index is 1.18. The number of benzene rings is 2. The van der Waals surface area contributed by atoms with Gasteiger partial charge in [0.15, 0.2) is 11.5 Å². The Hall–Kier alpha value is -2.90. The molecule has 5 rings (SSSR count). The predicted octanol–water partition coefficient (Wildman–Crippen LogP) is 4.76. The van der Waals surface area contributed by atoms with E-state index in [1.54, 1.807) is 14.2 Å². The molecule has 1 unspecified atom stereocenters. The van der Waals surface area contributed by atoms with Crippen LogP contribution in [-0.4, -0.2) is 54.6 Å². The molecule has 7 nitrogen and oxygen atoms in total. The molecule has 0 bridgehead atoms. The summed E-state index contributed by atoms with van der Waals surface area (Å²) in [5.41, 5.74) is 2.10. The first-order chi connectivity index (χ1) is 16.7. The number of nitrogens with zero attached hydrogens (tertiary/aromatic N) is 3. The summed E-state index contributed by atoms with van der Waals surface area (Å²) >= 11 is 0. The van der Waals surface area contributed by atoms with E-state index < -0.39 is 0 Å². The van der Waals surface area contributed by atoms with Crippen molar-refractivity contribution in [1.82, 2.24) is 15.0 Å². The first-order valence-corrected chi connectivity index (χ1v) is 12.1. The third-order valence-electron chi connectivity index (χ3n) is 7.20. The van der Waals surface area contributed by atoms with Crippen molar-refractivity contribution in [2.75, 3.05) is 33.9 Å². The number of hydrogen-bond acceptors (Lipinski definition) is 7. The van der Waals surface area contributed by atoms with Crippen LogP contribution in [0.1, 0.15) is 37.1 Å². The molecule has 2 aliphatic heterocycles. The average Bonchev–Trinajstić information content (AvgIpc) is 3.34. The highest BCUT2D eigenvalue weighted by Crippen LogP contribution is 2.40. The van der Waals surface area contributed by atoms with E-state index in [4.69, 9.17) is 18.7 Å². The van der Waals surface area contributed by atoms with E-state index in [9.17, 15) is 0 Å². The molecule has 1 aromatic heterocycles. The lowest BCUT2D eigenvalue weighted by Crippen LogP contribution is -2.49. The van der Waals surface area contributed by atoms with Crippen molar-refractivity contribution in [3.8, 4) is 22.9 Å². The van der Waals surface area contributed by atoms with Crippen molar-refractivity contribution in [3.63, 3.8) is 0 Å². The minimum atomic E-state index is -0.0415. The smallest absolute Gasteiger partial charge is 0.227 e. The number of aromatic nitrogens is 2. The van der Waals surface area contributed by atoms with Crippen LogP contribution in [0.15, 0.2) is 53.1 Å². The van der Waals surface area contributed by atoms with E-state index in [0.717, 1.165) is 86.9 Å². The maximum absolute atomic E-state index is 6.39. The van der Waals surface area contributed by atoms with Crippen LogP contribution in [0.5, 0.6) is 11.5 Å². The van der Waals surface area contributed by atoms with Gasteiger partial charge in [0.05, 0.1) is 19.8 Å². The number of piperidine rings is 1. The fourth-order valence-electron chi connectivity index (χ4n) is 5.38. The zero-order valence-electron chi connectivity index (χ0n) is 20.0. The van der Waals surface area contributed by atoms with E-state index in [1.807, 2.05) is 42.5 Å². The minimum Gasteiger partial charge on any atom is -0.493 e. The van der Waals surface area contributed by atoms with Gasteiger partial charge in [-0.1, -0.05) is 47.6 Å². The lowest BCUT2D eigenvalue weighted by molar-refractivity contribution is -0.128. The SMILES string of the molecule is COc1cccc(CN2CCC3(CC2)CC(Cc2nc(-c4ccccc4)no2)CCO3)c1OC. The van der Waals surface area contributed by atoms with Crippen molar-refractivity contribution >= 4 is 0 Å². The number of ether oxygens (including phenoxy) is 3. The van der Waals surface area contributed by atoms with Crippen LogP contribution in [0, 0.1) is 5.92 Å². The highest BCUT2D eigenvalue weighted by atomic mass is 16.5. The molecule has 3 heterocycles. The second-order valence-corrected chi connectivity index (χ2v) is 9.40. The number of hydrogen-bond donors (Lipinski definition) is 0. The molecule has 2 saturated heterocycles. The van der Waals surface area contributed by atoms with Gasteiger partial charge in [-0.25, -0.2) is 0 Å². The third kappa shape index (κ3) is 4.95. The highest BCUT2D eigenvalue weighted by molar-refractivity contribution is 5.53. The first-order valence-electron chi connectivity index (χ1n) is 12.1. The van der Waals surface area contributed by atoms with Gasteiger partial charge in [-0.3, -0.25) is 4.90 Å². The van der Waals surface area contributed by atoms with E-state index in [2.05, 4.69) is 21.1 Å². The molecule has 3 aromatic rings. The van der Waals surface area contributed by atoms with Crippen LogP contribution in [0.2, 0.25) is 0 Å². The third-order valence-corrected chi connectivity index (χ3v) is 7.20. The van der Waals surface area contributed by atoms with Crippen LogP contribution < -0.4 is 9.47 Å². The monoisotopic (exact) mass is 463 g/mol. The molecule has 0 radical (unpaired) electrons. The second kappa shape index (κ2) is 10.2. The van der Waals surface area contributed by atoms with Gasteiger partial charge < -0.3 is 18.7 Å². The van der Waals surface area contributed by atoms with Crippen molar-refractivity contribution in [3.05, 3.63) is 60.0 Å². The molecule has 0 aliphatic carbocycles. The van der Waals surface area contributed by atoms with Gasteiger partial charge in [-0.2, -0.15) is 4.98 Å². The molecule has 2 aliphatic rings. The molecule has 1 atom stereocenters. The van der Waals surface area contributed by atoms with E-state index in [1.165, 1.54) is 0 Å². The van der Waals surface area contributed by atoms with Crippen LogP contribution in [0.4, 0.5) is 0 Å². The van der Waals surface area contributed by atoms with E-state index >= 15 is 0 Å². The number of methoxy groups -OCH3 is 2. The lowest BCUT2D eigenvalue weighted by Gasteiger charge is -2.46.